The number of halogens is 1. The van der Waals surface area contributed by atoms with Crippen LogP contribution in [0.15, 0.2) is 24.3 Å². The van der Waals surface area contributed by atoms with Gasteiger partial charge in [0.2, 0.25) is 0 Å². The van der Waals surface area contributed by atoms with Gasteiger partial charge in [-0.1, -0.05) is 35.0 Å². The van der Waals surface area contributed by atoms with Crippen molar-refractivity contribution in [3.63, 3.8) is 0 Å². The highest BCUT2D eigenvalue weighted by atomic mass is 79.9. The molecule has 18 heavy (non-hydrogen) atoms. The van der Waals surface area contributed by atoms with Crippen LogP contribution in [-0.4, -0.2) is 22.9 Å². The van der Waals surface area contributed by atoms with Crippen molar-refractivity contribution in [3.8, 4) is 0 Å². The van der Waals surface area contributed by atoms with E-state index in [9.17, 15) is 4.79 Å². The molecule has 0 saturated carbocycles. The molecule has 2 atom stereocenters. The zero-order chi connectivity index (χ0) is 13.1. The van der Waals surface area contributed by atoms with Gasteiger partial charge < -0.3 is 4.90 Å². The van der Waals surface area contributed by atoms with Gasteiger partial charge in [-0.3, -0.25) is 4.79 Å². The normalized spacial score (nSPS) is 23.4. The van der Waals surface area contributed by atoms with Gasteiger partial charge in [0.15, 0.2) is 0 Å². The van der Waals surface area contributed by atoms with E-state index in [0.717, 1.165) is 30.2 Å². The Hall–Kier alpha value is -0.830. The van der Waals surface area contributed by atoms with Gasteiger partial charge in [-0.2, -0.15) is 0 Å². The maximum atomic E-state index is 12.5. The van der Waals surface area contributed by atoms with Crippen LogP contribution in [0.4, 0.5) is 0 Å². The van der Waals surface area contributed by atoms with Gasteiger partial charge in [-0.25, -0.2) is 0 Å². The molecule has 1 heterocycles. The summed E-state index contributed by atoms with van der Waals surface area (Å²) in [6.45, 7) is 4.32. The average Bonchev–Trinajstić information content (AvgIpc) is 2.79. The Labute approximate surface area is 117 Å². The minimum Gasteiger partial charge on any atom is -0.333 e. The summed E-state index contributed by atoms with van der Waals surface area (Å²) in [5.41, 5.74) is 2.01. The lowest BCUT2D eigenvalue weighted by molar-refractivity contribution is 0.0676. The van der Waals surface area contributed by atoms with E-state index in [1.807, 2.05) is 24.3 Å². The van der Waals surface area contributed by atoms with Crippen LogP contribution < -0.4 is 0 Å². The van der Waals surface area contributed by atoms with E-state index in [2.05, 4.69) is 34.7 Å². The van der Waals surface area contributed by atoms with Crippen molar-refractivity contribution in [1.29, 1.82) is 0 Å². The first-order chi connectivity index (χ1) is 8.67. The van der Waals surface area contributed by atoms with Crippen LogP contribution in [0.1, 0.15) is 49.0 Å². The summed E-state index contributed by atoms with van der Waals surface area (Å²) >= 11 is 3.42. The van der Waals surface area contributed by atoms with Gasteiger partial charge >= 0.3 is 0 Å². The Balaban J connectivity index is 2.18. The van der Waals surface area contributed by atoms with Crippen molar-refractivity contribution >= 4 is 21.8 Å². The number of carbonyl (C=O) groups excluding carboxylic acids is 1. The smallest absolute Gasteiger partial charge is 0.254 e. The van der Waals surface area contributed by atoms with E-state index in [1.54, 1.807) is 0 Å². The third-order valence-corrected chi connectivity index (χ3v) is 4.49. The van der Waals surface area contributed by atoms with E-state index in [0.29, 0.717) is 12.1 Å². The van der Waals surface area contributed by atoms with Gasteiger partial charge in [-0.05, 0) is 43.9 Å². The second-order valence-corrected chi connectivity index (χ2v) is 5.59. The lowest BCUT2D eigenvalue weighted by atomic mass is 10.1. The molecular formula is C15H20BrNO. The molecule has 1 amide bonds. The highest BCUT2D eigenvalue weighted by Gasteiger charge is 2.33. The topological polar surface area (TPSA) is 20.3 Å². The number of nitrogens with zero attached hydrogens (tertiary/aromatic N) is 1. The van der Waals surface area contributed by atoms with Gasteiger partial charge in [0.05, 0.1) is 0 Å². The second kappa shape index (κ2) is 5.87. The van der Waals surface area contributed by atoms with Crippen LogP contribution in [0.25, 0.3) is 0 Å². The fourth-order valence-electron chi connectivity index (χ4n) is 2.72. The third kappa shape index (κ3) is 2.61. The van der Waals surface area contributed by atoms with Crippen LogP contribution >= 0.6 is 15.9 Å². The molecule has 1 aromatic carbocycles. The molecule has 1 aliphatic heterocycles. The molecule has 2 nitrogen and oxygen atoms in total. The minimum absolute atomic E-state index is 0.188. The minimum atomic E-state index is 0.188. The van der Waals surface area contributed by atoms with Crippen molar-refractivity contribution in [2.45, 2.75) is 50.5 Å². The highest BCUT2D eigenvalue weighted by molar-refractivity contribution is 9.08. The van der Waals surface area contributed by atoms with E-state index in [-0.39, 0.29) is 5.91 Å². The summed E-state index contributed by atoms with van der Waals surface area (Å²) in [4.78, 5) is 14.6. The van der Waals surface area contributed by atoms with E-state index >= 15 is 0 Å². The van der Waals surface area contributed by atoms with Crippen molar-refractivity contribution in [2.24, 2.45) is 0 Å². The molecule has 1 aromatic rings. The summed E-state index contributed by atoms with van der Waals surface area (Å²) < 4.78 is 0. The summed E-state index contributed by atoms with van der Waals surface area (Å²) in [6.07, 6.45) is 3.32. The van der Waals surface area contributed by atoms with Gasteiger partial charge in [0.25, 0.3) is 5.91 Å². The van der Waals surface area contributed by atoms with Crippen molar-refractivity contribution in [2.75, 3.05) is 0 Å². The van der Waals surface area contributed by atoms with Gasteiger partial charge in [-0.15, -0.1) is 0 Å². The Morgan fingerprint density at radius 2 is 2.00 bits per heavy atom. The maximum absolute atomic E-state index is 12.5. The number of benzene rings is 1. The predicted molar refractivity (Wildman–Crippen MR) is 78.0 cm³/mol. The second-order valence-electron chi connectivity index (χ2n) is 5.03. The number of amides is 1. The Kier molecular flexibility index (Phi) is 4.44. The summed E-state index contributed by atoms with van der Waals surface area (Å²) in [5, 5.41) is 0.833. The lowest BCUT2D eigenvalue weighted by Crippen LogP contribution is -2.39. The zero-order valence-corrected chi connectivity index (χ0v) is 12.6. The number of hydrogen-bond donors (Lipinski definition) is 0. The highest BCUT2D eigenvalue weighted by Crippen LogP contribution is 2.27. The molecule has 98 valence electrons. The monoisotopic (exact) mass is 309 g/mol. The molecule has 2 rings (SSSR count). The van der Waals surface area contributed by atoms with E-state index in [4.69, 9.17) is 0 Å². The first-order valence-electron chi connectivity index (χ1n) is 6.65. The molecule has 2 unspecified atom stereocenters. The van der Waals surface area contributed by atoms with Crippen LogP contribution in [-0.2, 0) is 5.33 Å². The van der Waals surface area contributed by atoms with Crippen LogP contribution in [0, 0.1) is 0 Å². The van der Waals surface area contributed by atoms with E-state index < -0.39 is 0 Å². The molecule has 1 saturated heterocycles. The van der Waals surface area contributed by atoms with E-state index in [1.165, 1.54) is 5.56 Å². The predicted octanol–water partition coefficient (Wildman–Crippen LogP) is 3.98. The SMILES string of the molecule is CCC1CCC(C)N1C(=O)c1ccc(CBr)cc1. The zero-order valence-electron chi connectivity index (χ0n) is 11.0. The first kappa shape index (κ1) is 13.6. The number of rotatable bonds is 3. The van der Waals surface area contributed by atoms with Crippen molar-refractivity contribution in [1.82, 2.24) is 4.90 Å². The number of carbonyl (C=O) groups is 1. The van der Waals surface area contributed by atoms with Crippen molar-refractivity contribution in [3.05, 3.63) is 35.4 Å². The first-order valence-corrected chi connectivity index (χ1v) is 7.77. The Bertz CT molecular complexity index is 415. The van der Waals surface area contributed by atoms with Gasteiger partial charge in [0, 0.05) is 23.0 Å². The fraction of sp³-hybridized carbons (Fsp3) is 0.533. The van der Waals surface area contributed by atoms with Crippen LogP contribution in [0.5, 0.6) is 0 Å². The summed E-state index contributed by atoms with van der Waals surface area (Å²) in [6, 6.07) is 8.71. The maximum Gasteiger partial charge on any atom is 0.254 e. The summed E-state index contributed by atoms with van der Waals surface area (Å²) in [5.74, 6) is 0.188. The largest absolute Gasteiger partial charge is 0.333 e. The standard InChI is InChI=1S/C15H20BrNO/c1-3-14-9-4-11(2)17(14)15(18)13-7-5-12(10-16)6-8-13/h5-8,11,14H,3-4,9-10H2,1-2H3. The number of alkyl halides is 1. The van der Waals surface area contributed by atoms with Crippen molar-refractivity contribution < 1.29 is 4.79 Å². The molecule has 0 spiro atoms. The molecular weight excluding hydrogens is 290 g/mol. The third-order valence-electron chi connectivity index (χ3n) is 3.85. The van der Waals surface area contributed by atoms with Crippen LogP contribution in [0.2, 0.25) is 0 Å². The molecule has 0 N–H and O–H groups in total. The number of hydrogen-bond acceptors (Lipinski definition) is 1. The van der Waals surface area contributed by atoms with Gasteiger partial charge in [0.1, 0.15) is 0 Å². The molecule has 1 aliphatic rings. The Morgan fingerprint density at radius 3 is 2.56 bits per heavy atom. The number of likely N-dealkylation sites (tertiary alicyclic amines) is 1. The lowest BCUT2D eigenvalue weighted by Gasteiger charge is -2.28. The molecule has 3 heteroatoms. The van der Waals surface area contributed by atoms with Crippen LogP contribution in [0.3, 0.4) is 0 Å². The fourth-order valence-corrected chi connectivity index (χ4v) is 3.10. The molecule has 0 aromatic heterocycles. The summed E-state index contributed by atoms with van der Waals surface area (Å²) in [7, 11) is 0. The molecule has 0 bridgehead atoms. The molecule has 0 aliphatic carbocycles. The Morgan fingerprint density at radius 1 is 1.33 bits per heavy atom. The quantitative estimate of drug-likeness (QED) is 0.773. The molecule has 0 radical (unpaired) electrons. The average molecular weight is 310 g/mol. The molecule has 1 fully saturated rings.